The monoisotopic (exact) mass is 251 g/mol. The lowest BCUT2D eigenvalue weighted by Gasteiger charge is -2.24. The molecule has 0 unspecified atom stereocenters. The summed E-state index contributed by atoms with van der Waals surface area (Å²) in [4.78, 5) is 0. The minimum absolute atomic E-state index is 0.172. The molecule has 0 amide bonds. The van der Waals surface area contributed by atoms with E-state index in [9.17, 15) is 13.2 Å². The lowest BCUT2D eigenvalue weighted by Crippen LogP contribution is -2.38. The molecule has 1 rings (SSSR count). The Hall–Kier alpha value is -0.740. The predicted molar refractivity (Wildman–Crippen MR) is 58.5 cm³/mol. The molecule has 1 nitrogen and oxygen atoms in total. The average Bonchev–Trinajstić information content (AvgIpc) is 2.14. The molecule has 90 valence electrons. The molecule has 0 spiro atoms. The lowest BCUT2D eigenvalue weighted by atomic mass is 10.1. The van der Waals surface area contributed by atoms with Gasteiger partial charge in [-0.25, -0.2) is 0 Å². The molecule has 16 heavy (non-hydrogen) atoms. The highest BCUT2D eigenvalue weighted by Gasteiger charge is 2.40. The summed E-state index contributed by atoms with van der Waals surface area (Å²) in [5.74, 6) is 0. The Labute approximate surface area is 97.6 Å². The first-order chi connectivity index (χ1) is 7.30. The highest BCUT2D eigenvalue weighted by Crippen LogP contribution is 2.33. The highest BCUT2D eigenvalue weighted by molar-refractivity contribution is 6.30. The summed E-state index contributed by atoms with van der Waals surface area (Å²) < 4.78 is 38.3. The van der Waals surface area contributed by atoms with Gasteiger partial charge in [0.15, 0.2) is 0 Å². The van der Waals surface area contributed by atoms with Crippen molar-refractivity contribution in [3.05, 3.63) is 34.9 Å². The van der Waals surface area contributed by atoms with Crippen LogP contribution in [0.1, 0.15) is 25.5 Å². The van der Waals surface area contributed by atoms with Crippen molar-refractivity contribution in [1.29, 1.82) is 0 Å². The molecule has 0 aliphatic rings. The van der Waals surface area contributed by atoms with E-state index in [1.165, 1.54) is 24.3 Å². The van der Waals surface area contributed by atoms with E-state index in [2.05, 4.69) is 5.32 Å². The van der Waals surface area contributed by atoms with Crippen LogP contribution >= 0.6 is 11.6 Å². The maximum atomic E-state index is 12.8. The number of rotatable bonds is 3. The molecule has 0 aliphatic carbocycles. The van der Waals surface area contributed by atoms with E-state index in [0.717, 1.165) is 0 Å². The molecule has 5 heteroatoms. The number of hydrogen-bond donors (Lipinski definition) is 1. The molecule has 1 N–H and O–H groups in total. The zero-order valence-corrected chi connectivity index (χ0v) is 9.73. The molecule has 0 radical (unpaired) electrons. The van der Waals surface area contributed by atoms with Crippen molar-refractivity contribution in [3.63, 3.8) is 0 Å². The number of alkyl halides is 3. The van der Waals surface area contributed by atoms with Gasteiger partial charge in [-0.3, -0.25) is 0 Å². The van der Waals surface area contributed by atoms with Crippen molar-refractivity contribution in [2.24, 2.45) is 0 Å². The molecule has 1 atom stereocenters. The van der Waals surface area contributed by atoms with Crippen LogP contribution in [-0.4, -0.2) is 12.2 Å². The first kappa shape index (κ1) is 13.3. The van der Waals surface area contributed by atoms with E-state index in [4.69, 9.17) is 11.6 Å². The van der Waals surface area contributed by atoms with Crippen molar-refractivity contribution >= 4 is 11.6 Å². The zero-order valence-electron chi connectivity index (χ0n) is 8.98. The standard InChI is InChI=1S/C11H13ClF3N/c1-7(2)16-10(11(13,14)15)8-3-5-9(12)6-4-8/h3-7,10,16H,1-2H3/t10-/m1/s1. The topological polar surface area (TPSA) is 12.0 Å². The van der Waals surface area contributed by atoms with Crippen LogP contribution in [0.3, 0.4) is 0 Å². The second-order valence-corrected chi connectivity index (χ2v) is 4.28. The van der Waals surface area contributed by atoms with Crippen molar-refractivity contribution in [2.45, 2.75) is 32.1 Å². The summed E-state index contributed by atoms with van der Waals surface area (Å²) in [6.45, 7) is 3.35. The van der Waals surface area contributed by atoms with Gasteiger partial charge in [-0.15, -0.1) is 0 Å². The van der Waals surface area contributed by atoms with Crippen LogP contribution in [-0.2, 0) is 0 Å². The third-order valence-corrected chi connectivity index (χ3v) is 2.28. The number of hydrogen-bond acceptors (Lipinski definition) is 1. The SMILES string of the molecule is CC(C)N[C@H](c1ccc(Cl)cc1)C(F)(F)F. The Bertz CT molecular complexity index is 332. The fourth-order valence-corrected chi connectivity index (χ4v) is 1.49. The Morgan fingerprint density at radius 3 is 2.00 bits per heavy atom. The molecular formula is C11H13ClF3N. The maximum absolute atomic E-state index is 12.8. The van der Waals surface area contributed by atoms with E-state index in [-0.39, 0.29) is 11.6 Å². The zero-order chi connectivity index (χ0) is 12.3. The first-order valence-corrected chi connectivity index (χ1v) is 5.26. The molecular weight excluding hydrogens is 239 g/mol. The normalized spacial score (nSPS) is 14.2. The summed E-state index contributed by atoms with van der Waals surface area (Å²) in [6, 6.07) is 3.79. The molecule has 0 heterocycles. The summed E-state index contributed by atoms with van der Waals surface area (Å²) in [6.07, 6.45) is -4.31. The number of nitrogens with one attached hydrogen (secondary N) is 1. The minimum Gasteiger partial charge on any atom is -0.300 e. The van der Waals surface area contributed by atoms with E-state index in [1.54, 1.807) is 13.8 Å². The van der Waals surface area contributed by atoms with Crippen LogP contribution in [0.4, 0.5) is 13.2 Å². The van der Waals surface area contributed by atoms with Gasteiger partial charge in [-0.05, 0) is 17.7 Å². The summed E-state index contributed by atoms with van der Waals surface area (Å²) in [7, 11) is 0. The highest BCUT2D eigenvalue weighted by atomic mass is 35.5. The third-order valence-electron chi connectivity index (χ3n) is 2.03. The third kappa shape index (κ3) is 3.68. The van der Waals surface area contributed by atoms with Crippen LogP contribution in [0.5, 0.6) is 0 Å². The number of benzene rings is 1. The van der Waals surface area contributed by atoms with Crippen molar-refractivity contribution in [2.75, 3.05) is 0 Å². The van der Waals surface area contributed by atoms with Gasteiger partial charge in [-0.2, -0.15) is 13.2 Å². The fraction of sp³-hybridized carbons (Fsp3) is 0.455. The molecule has 0 saturated heterocycles. The van der Waals surface area contributed by atoms with E-state index in [0.29, 0.717) is 5.02 Å². The van der Waals surface area contributed by atoms with Gasteiger partial charge in [-0.1, -0.05) is 37.6 Å². The Balaban J connectivity index is 2.97. The van der Waals surface area contributed by atoms with Crippen molar-refractivity contribution < 1.29 is 13.2 Å². The predicted octanol–water partition coefficient (Wildman–Crippen LogP) is 3.94. The lowest BCUT2D eigenvalue weighted by molar-refractivity contribution is -0.159. The van der Waals surface area contributed by atoms with Gasteiger partial charge in [0.2, 0.25) is 0 Å². The number of halogens is 4. The van der Waals surface area contributed by atoms with Gasteiger partial charge < -0.3 is 5.32 Å². The van der Waals surface area contributed by atoms with Crippen LogP contribution in [0.25, 0.3) is 0 Å². The summed E-state index contributed by atoms with van der Waals surface area (Å²) in [5, 5.41) is 2.91. The average molecular weight is 252 g/mol. The van der Waals surface area contributed by atoms with Gasteiger partial charge in [0.05, 0.1) is 0 Å². The molecule has 0 aliphatic heterocycles. The maximum Gasteiger partial charge on any atom is 0.407 e. The Morgan fingerprint density at radius 1 is 1.12 bits per heavy atom. The second-order valence-electron chi connectivity index (χ2n) is 3.85. The van der Waals surface area contributed by atoms with Crippen LogP contribution < -0.4 is 5.32 Å². The van der Waals surface area contributed by atoms with Crippen molar-refractivity contribution in [1.82, 2.24) is 5.32 Å². The van der Waals surface area contributed by atoms with Gasteiger partial charge in [0.1, 0.15) is 6.04 Å². The molecule has 1 aromatic rings. The van der Waals surface area contributed by atoms with Crippen LogP contribution in [0.2, 0.25) is 5.02 Å². The Kier molecular flexibility index (Phi) is 4.21. The van der Waals surface area contributed by atoms with E-state index >= 15 is 0 Å². The largest absolute Gasteiger partial charge is 0.407 e. The summed E-state index contributed by atoms with van der Waals surface area (Å²) in [5.41, 5.74) is 0.172. The minimum atomic E-state index is -4.31. The molecule has 1 aromatic carbocycles. The first-order valence-electron chi connectivity index (χ1n) is 4.89. The van der Waals surface area contributed by atoms with Crippen LogP contribution in [0, 0.1) is 0 Å². The van der Waals surface area contributed by atoms with Gasteiger partial charge >= 0.3 is 6.18 Å². The smallest absolute Gasteiger partial charge is 0.300 e. The van der Waals surface area contributed by atoms with Gasteiger partial charge in [0.25, 0.3) is 0 Å². The molecule has 0 aromatic heterocycles. The molecule has 0 bridgehead atoms. The van der Waals surface area contributed by atoms with Crippen LogP contribution in [0.15, 0.2) is 24.3 Å². The fourth-order valence-electron chi connectivity index (χ4n) is 1.37. The van der Waals surface area contributed by atoms with E-state index in [1.807, 2.05) is 0 Å². The summed E-state index contributed by atoms with van der Waals surface area (Å²) >= 11 is 5.63. The van der Waals surface area contributed by atoms with Gasteiger partial charge in [0, 0.05) is 11.1 Å². The second kappa shape index (κ2) is 5.06. The molecule has 0 saturated carbocycles. The molecule has 0 fully saturated rings. The van der Waals surface area contributed by atoms with E-state index < -0.39 is 12.2 Å². The van der Waals surface area contributed by atoms with Crippen molar-refractivity contribution in [3.8, 4) is 0 Å². The quantitative estimate of drug-likeness (QED) is 0.858. The Morgan fingerprint density at radius 2 is 1.62 bits per heavy atom.